The molecule has 3 amide bonds. The van der Waals surface area contributed by atoms with Crippen LogP contribution in [0.3, 0.4) is 0 Å². The van der Waals surface area contributed by atoms with E-state index in [1.165, 1.54) is 49.6 Å². The van der Waals surface area contributed by atoms with Crippen molar-refractivity contribution in [3.05, 3.63) is 90.7 Å². The first kappa shape index (κ1) is 30.0. The number of hydrogen-bond acceptors (Lipinski definition) is 10. The number of thioether (sulfide) groups is 1. The molecule has 3 aromatic rings. The van der Waals surface area contributed by atoms with Crippen molar-refractivity contribution in [1.82, 2.24) is 4.90 Å². The predicted octanol–water partition coefficient (Wildman–Crippen LogP) is 5.46. The molecule has 4 rings (SSSR count). The minimum atomic E-state index is -4.61. The number of anilines is 1. The summed E-state index contributed by atoms with van der Waals surface area (Å²) in [6, 6.07) is 13.4. The summed E-state index contributed by atoms with van der Waals surface area (Å²) in [5, 5.41) is 13.5. The highest BCUT2D eigenvalue weighted by Gasteiger charge is 2.36. The lowest BCUT2D eigenvalue weighted by Gasteiger charge is -2.13. The molecule has 0 saturated carbocycles. The summed E-state index contributed by atoms with van der Waals surface area (Å²) >= 11 is 9.88. The first-order valence-electron chi connectivity index (χ1n) is 11.3. The fourth-order valence-electron chi connectivity index (χ4n) is 3.53. The highest BCUT2D eigenvalue weighted by Crippen LogP contribution is 2.36. The van der Waals surface area contributed by atoms with Crippen molar-refractivity contribution in [1.29, 1.82) is 0 Å². The van der Waals surface area contributed by atoms with Crippen LogP contribution in [0.25, 0.3) is 6.08 Å². The number of methoxy groups -OCH3 is 1. The Hall–Kier alpha value is -3.92. The lowest BCUT2D eigenvalue weighted by molar-refractivity contribution is -0.387. The molecule has 0 radical (unpaired) electrons. The first-order chi connectivity index (χ1) is 19.4. The van der Waals surface area contributed by atoms with E-state index in [9.17, 15) is 32.9 Å². The topological polar surface area (TPSA) is 162 Å². The quantitative estimate of drug-likeness (QED) is 0.133. The van der Waals surface area contributed by atoms with Crippen LogP contribution < -0.4 is 14.2 Å². The monoisotopic (exact) mass is 681 g/mol. The number of amides is 3. The zero-order chi connectivity index (χ0) is 29.9. The number of carbonyl (C=O) groups is 3. The Morgan fingerprint density at radius 2 is 1.88 bits per heavy atom. The van der Waals surface area contributed by atoms with Gasteiger partial charge in [0.15, 0.2) is 16.4 Å². The van der Waals surface area contributed by atoms with Crippen LogP contribution in [0.1, 0.15) is 5.56 Å². The van der Waals surface area contributed by atoms with Crippen LogP contribution in [0.5, 0.6) is 11.5 Å². The lowest BCUT2D eigenvalue weighted by atomic mass is 10.2. The van der Waals surface area contributed by atoms with Gasteiger partial charge in [-0.1, -0.05) is 29.8 Å². The number of nitro groups is 1. The van der Waals surface area contributed by atoms with E-state index < -0.39 is 49.2 Å². The highest BCUT2D eigenvalue weighted by atomic mass is 79.9. The molecule has 1 aliphatic heterocycles. The number of para-hydroxylation sites is 1. The number of nitro benzene ring substituents is 1. The average Bonchev–Trinajstić information content (AvgIpc) is 3.18. The molecule has 212 valence electrons. The second-order valence-electron chi connectivity index (χ2n) is 8.12. The van der Waals surface area contributed by atoms with Gasteiger partial charge >= 0.3 is 10.1 Å². The van der Waals surface area contributed by atoms with E-state index >= 15 is 0 Å². The van der Waals surface area contributed by atoms with Gasteiger partial charge in [-0.2, -0.15) is 8.42 Å². The minimum Gasteiger partial charge on any atom is -0.493 e. The summed E-state index contributed by atoms with van der Waals surface area (Å²) in [5.41, 5.74) is 0.0638. The van der Waals surface area contributed by atoms with Gasteiger partial charge in [-0.25, -0.2) is 0 Å². The number of nitrogens with zero attached hydrogens (tertiary/aromatic N) is 2. The summed E-state index contributed by atoms with van der Waals surface area (Å²) < 4.78 is 36.5. The number of halogens is 2. The Morgan fingerprint density at radius 1 is 1.15 bits per heavy atom. The van der Waals surface area contributed by atoms with E-state index in [4.69, 9.17) is 20.5 Å². The summed E-state index contributed by atoms with van der Waals surface area (Å²) in [4.78, 5) is 48.4. The lowest BCUT2D eigenvalue weighted by Crippen LogP contribution is -2.36. The predicted molar refractivity (Wildman–Crippen MR) is 154 cm³/mol. The maximum absolute atomic E-state index is 12.9. The summed E-state index contributed by atoms with van der Waals surface area (Å²) in [6.45, 7) is -0.532. The average molecular weight is 683 g/mol. The third-order valence-electron chi connectivity index (χ3n) is 5.39. The van der Waals surface area contributed by atoms with E-state index in [1.807, 2.05) is 0 Å². The van der Waals surface area contributed by atoms with E-state index in [0.29, 0.717) is 32.5 Å². The SMILES string of the molecule is COc1cc(/C=C2\SC(=O)N(CC(=O)Nc3ccc(Br)c(Cl)c3)C2=O)ccc1OS(=O)(=O)c1ccccc1[N+](=O)[O-]. The summed E-state index contributed by atoms with van der Waals surface area (Å²) in [7, 11) is -3.37. The number of nitrogens with one attached hydrogen (secondary N) is 1. The van der Waals surface area contributed by atoms with Gasteiger partial charge in [-0.3, -0.25) is 29.4 Å². The van der Waals surface area contributed by atoms with Crippen LogP contribution in [0.2, 0.25) is 5.02 Å². The molecular formula is C25H17BrClN3O9S2. The normalized spacial score (nSPS) is 14.3. The van der Waals surface area contributed by atoms with E-state index in [0.717, 1.165) is 17.0 Å². The van der Waals surface area contributed by atoms with Gasteiger partial charge in [0.25, 0.3) is 16.8 Å². The molecular weight excluding hydrogens is 666 g/mol. The first-order valence-corrected chi connectivity index (χ1v) is 14.7. The summed E-state index contributed by atoms with van der Waals surface area (Å²) in [6.07, 6.45) is 1.36. The molecule has 0 atom stereocenters. The Balaban J connectivity index is 1.50. The van der Waals surface area contributed by atoms with Crippen molar-refractivity contribution in [2.45, 2.75) is 4.90 Å². The second kappa shape index (κ2) is 12.3. The maximum Gasteiger partial charge on any atom is 0.346 e. The Bertz CT molecular complexity index is 1730. The number of ether oxygens (including phenoxy) is 1. The largest absolute Gasteiger partial charge is 0.493 e. The molecule has 16 heteroatoms. The van der Waals surface area contributed by atoms with E-state index in [1.54, 1.807) is 12.1 Å². The van der Waals surface area contributed by atoms with Gasteiger partial charge in [0, 0.05) is 16.2 Å². The van der Waals surface area contributed by atoms with Crippen molar-refractivity contribution < 1.29 is 36.6 Å². The number of rotatable bonds is 9. The molecule has 12 nitrogen and oxygen atoms in total. The molecule has 41 heavy (non-hydrogen) atoms. The third kappa shape index (κ3) is 6.87. The molecule has 0 unspecified atom stereocenters. The minimum absolute atomic E-state index is 0.0118. The Kier molecular flexibility index (Phi) is 9.01. The van der Waals surface area contributed by atoms with Crippen molar-refractivity contribution >= 4 is 83.9 Å². The fraction of sp³-hybridized carbons (Fsp3) is 0.0800. The van der Waals surface area contributed by atoms with E-state index in [-0.39, 0.29) is 16.4 Å². The molecule has 1 saturated heterocycles. The molecule has 3 aromatic carbocycles. The Labute approximate surface area is 250 Å². The maximum atomic E-state index is 12.9. The summed E-state index contributed by atoms with van der Waals surface area (Å²) in [5.74, 6) is -1.65. The van der Waals surface area contributed by atoms with Crippen molar-refractivity contribution in [2.75, 3.05) is 19.0 Å². The van der Waals surface area contributed by atoms with Crippen molar-refractivity contribution in [3.63, 3.8) is 0 Å². The van der Waals surface area contributed by atoms with Crippen LogP contribution in [-0.4, -0.2) is 48.9 Å². The van der Waals surface area contributed by atoms with Crippen molar-refractivity contribution in [3.8, 4) is 11.5 Å². The number of imide groups is 1. The van der Waals surface area contributed by atoms with Crippen LogP contribution in [0, 0.1) is 10.1 Å². The zero-order valence-electron chi connectivity index (χ0n) is 20.7. The number of benzene rings is 3. The van der Waals surface area contributed by atoms with Gasteiger partial charge in [0.1, 0.15) is 6.54 Å². The van der Waals surface area contributed by atoms with Gasteiger partial charge in [-0.15, -0.1) is 0 Å². The van der Waals surface area contributed by atoms with Gasteiger partial charge in [0.2, 0.25) is 5.91 Å². The smallest absolute Gasteiger partial charge is 0.346 e. The van der Waals surface area contributed by atoms with Crippen LogP contribution in [-0.2, 0) is 19.7 Å². The zero-order valence-corrected chi connectivity index (χ0v) is 24.7. The van der Waals surface area contributed by atoms with Crippen molar-refractivity contribution in [2.24, 2.45) is 0 Å². The second-order valence-corrected chi connectivity index (χ2v) is 11.9. The fourth-order valence-corrected chi connectivity index (χ4v) is 5.90. The highest BCUT2D eigenvalue weighted by molar-refractivity contribution is 9.10. The third-order valence-corrected chi connectivity index (χ3v) is 8.82. The molecule has 1 heterocycles. The van der Waals surface area contributed by atoms with E-state index in [2.05, 4.69) is 21.2 Å². The molecule has 0 aliphatic carbocycles. The van der Waals surface area contributed by atoms with Gasteiger partial charge in [-0.05, 0) is 75.7 Å². The molecule has 0 aromatic heterocycles. The van der Waals surface area contributed by atoms with Gasteiger partial charge in [0.05, 0.1) is 22.0 Å². The molecule has 1 aliphatic rings. The number of hydrogen-bond donors (Lipinski definition) is 1. The molecule has 1 fully saturated rings. The number of carbonyl (C=O) groups excluding carboxylic acids is 3. The Morgan fingerprint density at radius 3 is 2.56 bits per heavy atom. The van der Waals surface area contributed by atoms with Gasteiger partial charge < -0.3 is 14.2 Å². The molecule has 0 spiro atoms. The van der Waals surface area contributed by atoms with Crippen LogP contribution in [0.4, 0.5) is 16.2 Å². The van der Waals surface area contributed by atoms with Crippen LogP contribution >= 0.6 is 39.3 Å². The van der Waals surface area contributed by atoms with Crippen LogP contribution in [0.15, 0.2) is 74.9 Å². The molecule has 0 bridgehead atoms. The molecule has 1 N–H and O–H groups in total. The standard InChI is InChI=1S/C25H17BrClN3O9S2/c1-38-20-10-14(6-9-19(20)39-41(36,37)22-5-3-2-4-18(22)30(34)35)11-21-24(32)29(25(33)40-21)13-23(31)28-15-7-8-16(26)17(27)12-15/h2-12H,13H2,1H3,(H,28,31)/b21-11-.